The highest BCUT2D eigenvalue weighted by atomic mass is 32.2. The number of aryl methyl sites for hydroxylation is 1. The second kappa shape index (κ2) is 3.92. The maximum absolute atomic E-state index is 11.7. The SMILES string of the molecule is Cc1cccc(S(=O)(=O)ON2CCC2)c1. The van der Waals surface area contributed by atoms with E-state index in [4.69, 9.17) is 4.28 Å². The summed E-state index contributed by atoms with van der Waals surface area (Å²) in [7, 11) is -3.62. The summed E-state index contributed by atoms with van der Waals surface area (Å²) in [4.78, 5) is 0.217. The monoisotopic (exact) mass is 227 g/mol. The van der Waals surface area contributed by atoms with E-state index in [1.807, 2.05) is 13.0 Å². The summed E-state index contributed by atoms with van der Waals surface area (Å²) in [6.07, 6.45) is 0.989. The Balaban J connectivity index is 2.20. The molecule has 0 saturated carbocycles. The van der Waals surface area contributed by atoms with Crippen LogP contribution in [0.2, 0.25) is 0 Å². The molecular formula is C10H13NO3S. The summed E-state index contributed by atoms with van der Waals surface area (Å²) in [5.41, 5.74) is 0.906. The fraction of sp³-hybridized carbons (Fsp3) is 0.400. The highest BCUT2D eigenvalue weighted by molar-refractivity contribution is 7.86. The fourth-order valence-corrected chi connectivity index (χ4v) is 2.40. The maximum atomic E-state index is 11.7. The Bertz CT molecular complexity index is 451. The Morgan fingerprint density at radius 3 is 2.60 bits per heavy atom. The molecule has 0 spiro atoms. The van der Waals surface area contributed by atoms with Crippen LogP contribution in [0, 0.1) is 6.92 Å². The minimum atomic E-state index is -3.62. The van der Waals surface area contributed by atoms with Crippen LogP contribution in [0.25, 0.3) is 0 Å². The predicted octanol–water partition coefficient (Wildman–Crippen LogP) is 1.32. The molecule has 0 atom stereocenters. The third-order valence-electron chi connectivity index (χ3n) is 2.30. The largest absolute Gasteiger partial charge is 0.313 e. The van der Waals surface area contributed by atoms with E-state index in [1.54, 1.807) is 18.2 Å². The van der Waals surface area contributed by atoms with E-state index in [-0.39, 0.29) is 4.90 Å². The molecule has 4 nitrogen and oxygen atoms in total. The molecule has 0 amide bonds. The quantitative estimate of drug-likeness (QED) is 0.781. The second-order valence-electron chi connectivity index (χ2n) is 3.63. The van der Waals surface area contributed by atoms with Crippen LogP contribution in [0.4, 0.5) is 0 Å². The van der Waals surface area contributed by atoms with Crippen LogP contribution in [0.5, 0.6) is 0 Å². The molecule has 0 aromatic heterocycles. The van der Waals surface area contributed by atoms with Crippen LogP contribution >= 0.6 is 0 Å². The van der Waals surface area contributed by atoms with Crippen molar-refractivity contribution in [1.82, 2.24) is 5.06 Å². The van der Waals surface area contributed by atoms with Gasteiger partial charge in [0.15, 0.2) is 0 Å². The zero-order valence-electron chi connectivity index (χ0n) is 8.51. The van der Waals surface area contributed by atoms with Gasteiger partial charge in [0, 0.05) is 13.1 Å². The van der Waals surface area contributed by atoms with Crippen LogP contribution in [0.15, 0.2) is 29.2 Å². The first-order valence-electron chi connectivity index (χ1n) is 4.84. The first-order valence-corrected chi connectivity index (χ1v) is 6.25. The van der Waals surface area contributed by atoms with Gasteiger partial charge in [-0.1, -0.05) is 12.1 Å². The van der Waals surface area contributed by atoms with E-state index in [1.165, 1.54) is 5.06 Å². The third kappa shape index (κ3) is 2.37. The summed E-state index contributed by atoms with van der Waals surface area (Å²) in [5.74, 6) is 0. The van der Waals surface area contributed by atoms with Gasteiger partial charge in [0.1, 0.15) is 0 Å². The molecule has 0 aliphatic carbocycles. The Labute approximate surface area is 89.5 Å². The van der Waals surface area contributed by atoms with Crippen molar-refractivity contribution in [2.75, 3.05) is 13.1 Å². The van der Waals surface area contributed by atoms with Crippen molar-refractivity contribution in [3.63, 3.8) is 0 Å². The average molecular weight is 227 g/mol. The van der Waals surface area contributed by atoms with Crippen molar-refractivity contribution < 1.29 is 12.7 Å². The zero-order chi connectivity index (χ0) is 10.9. The lowest BCUT2D eigenvalue weighted by molar-refractivity contribution is -0.101. The van der Waals surface area contributed by atoms with Gasteiger partial charge in [0.25, 0.3) is 0 Å². The molecule has 2 rings (SSSR count). The minimum Gasteiger partial charge on any atom is -0.192 e. The molecular weight excluding hydrogens is 214 g/mol. The molecule has 5 heteroatoms. The van der Waals surface area contributed by atoms with Crippen LogP contribution < -0.4 is 0 Å². The topological polar surface area (TPSA) is 46.6 Å². The van der Waals surface area contributed by atoms with Gasteiger partial charge in [-0.2, -0.15) is 17.8 Å². The summed E-state index contributed by atoms with van der Waals surface area (Å²) in [5, 5.41) is 1.46. The highest BCUT2D eigenvalue weighted by Crippen LogP contribution is 2.18. The molecule has 0 bridgehead atoms. The lowest BCUT2D eigenvalue weighted by atomic mass is 10.2. The Kier molecular flexibility index (Phi) is 2.77. The van der Waals surface area contributed by atoms with Gasteiger partial charge in [-0.15, -0.1) is 0 Å². The summed E-state index contributed by atoms with van der Waals surface area (Å²) < 4.78 is 28.4. The van der Waals surface area contributed by atoms with Crippen LogP contribution in [0.1, 0.15) is 12.0 Å². The Morgan fingerprint density at radius 1 is 1.33 bits per heavy atom. The van der Waals surface area contributed by atoms with Gasteiger partial charge >= 0.3 is 10.1 Å². The van der Waals surface area contributed by atoms with Crippen LogP contribution in [-0.2, 0) is 14.4 Å². The molecule has 82 valence electrons. The van der Waals surface area contributed by atoms with Gasteiger partial charge in [-0.3, -0.25) is 0 Å². The fourth-order valence-electron chi connectivity index (χ4n) is 1.31. The third-order valence-corrected chi connectivity index (χ3v) is 3.54. The maximum Gasteiger partial charge on any atom is 0.313 e. The molecule has 1 heterocycles. The van der Waals surface area contributed by atoms with Crippen molar-refractivity contribution >= 4 is 10.1 Å². The van der Waals surface area contributed by atoms with E-state index in [9.17, 15) is 8.42 Å². The molecule has 0 unspecified atom stereocenters. The van der Waals surface area contributed by atoms with Crippen LogP contribution in [0.3, 0.4) is 0 Å². The van der Waals surface area contributed by atoms with Crippen molar-refractivity contribution in [2.24, 2.45) is 0 Å². The first kappa shape index (κ1) is 10.6. The van der Waals surface area contributed by atoms with Crippen molar-refractivity contribution in [2.45, 2.75) is 18.2 Å². The van der Waals surface area contributed by atoms with Gasteiger partial charge < -0.3 is 0 Å². The number of rotatable bonds is 3. The van der Waals surface area contributed by atoms with Gasteiger partial charge in [-0.05, 0) is 31.0 Å². The van der Waals surface area contributed by atoms with E-state index < -0.39 is 10.1 Å². The lowest BCUT2D eigenvalue weighted by Crippen LogP contribution is -2.38. The normalized spacial score (nSPS) is 17.4. The molecule has 1 aromatic carbocycles. The van der Waals surface area contributed by atoms with E-state index >= 15 is 0 Å². The van der Waals surface area contributed by atoms with Crippen molar-refractivity contribution in [3.8, 4) is 0 Å². The number of nitrogens with zero attached hydrogens (tertiary/aromatic N) is 1. The molecule has 1 aliphatic rings. The minimum absolute atomic E-state index is 0.217. The number of hydrogen-bond donors (Lipinski definition) is 0. The standard InChI is InChI=1S/C10H13NO3S/c1-9-4-2-5-10(8-9)15(12,13)14-11-6-3-7-11/h2,4-5,8H,3,6-7H2,1H3. The highest BCUT2D eigenvalue weighted by Gasteiger charge is 2.24. The van der Waals surface area contributed by atoms with Gasteiger partial charge in [0.2, 0.25) is 0 Å². The summed E-state index contributed by atoms with van der Waals surface area (Å²) >= 11 is 0. The number of hydrogen-bond acceptors (Lipinski definition) is 4. The molecule has 0 radical (unpaired) electrons. The van der Waals surface area contributed by atoms with E-state index in [0.29, 0.717) is 13.1 Å². The van der Waals surface area contributed by atoms with Crippen molar-refractivity contribution in [1.29, 1.82) is 0 Å². The molecule has 1 aliphatic heterocycles. The second-order valence-corrected chi connectivity index (χ2v) is 5.16. The summed E-state index contributed by atoms with van der Waals surface area (Å²) in [6, 6.07) is 6.71. The average Bonchev–Trinajstić information content (AvgIpc) is 2.12. The van der Waals surface area contributed by atoms with Gasteiger partial charge in [-0.25, -0.2) is 0 Å². The molecule has 0 N–H and O–H groups in total. The zero-order valence-corrected chi connectivity index (χ0v) is 9.33. The first-order chi connectivity index (χ1) is 7.08. The number of hydroxylamine groups is 2. The predicted molar refractivity (Wildman–Crippen MR) is 55.6 cm³/mol. The molecule has 15 heavy (non-hydrogen) atoms. The Morgan fingerprint density at radius 2 is 2.07 bits per heavy atom. The molecule has 1 fully saturated rings. The number of benzene rings is 1. The molecule has 1 aromatic rings. The van der Waals surface area contributed by atoms with E-state index in [0.717, 1.165) is 12.0 Å². The smallest absolute Gasteiger partial charge is 0.192 e. The van der Waals surface area contributed by atoms with E-state index in [2.05, 4.69) is 0 Å². The Hall–Kier alpha value is -0.910. The van der Waals surface area contributed by atoms with Crippen LogP contribution in [-0.4, -0.2) is 26.6 Å². The summed E-state index contributed by atoms with van der Waals surface area (Å²) in [6.45, 7) is 3.22. The van der Waals surface area contributed by atoms with Gasteiger partial charge in [0.05, 0.1) is 4.90 Å². The lowest BCUT2D eigenvalue weighted by Gasteiger charge is -2.28. The molecule has 1 saturated heterocycles. The van der Waals surface area contributed by atoms with Crippen molar-refractivity contribution in [3.05, 3.63) is 29.8 Å².